The predicted octanol–water partition coefficient (Wildman–Crippen LogP) is 2.01. The molecule has 0 spiro atoms. The molecular weight excluding hydrogens is 324 g/mol. The van der Waals surface area contributed by atoms with Gasteiger partial charge in [0, 0.05) is 24.7 Å². The minimum atomic E-state index is -4.24. The van der Waals surface area contributed by atoms with Crippen LogP contribution in [0.5, 0.6) is 0 Å². The lowest BCUT2D eigenvalue weighted by Crippen LogP contribution is -2.37. The maximum Gasteiger partial charge on any atom is 0.312 e. The number of pyridine rings is 1. The monoisotopic (exact) mass is 340 g/mol. The largest absolute Gasteiger partial charge is 0.312 e. The van der Waals surface area contributed by atoms with Gasteiger partial charge >= 0.3 is 10.1 Å². The molecule has 2 N–H and O–H groups in total. The van der Waals surface area contributed by atoms with Crippen LogP contribution >= 0.6 is 12.4 Å². The summed E-state index contributed by atoms with van der Waals surface area (Å²) in [6.45, 7) is 0.658. The molecule has 2 heterocycles. The molecule has 2 aromatic rings. The zero-order valence-electron chi connectivity index (χ0n) is 11.8. The van der Waals surface area contributed by atoms with E-state index >= 15 is 0 Å². The van der Waals surface area contributed by atoms with Crippen LogP contribution < -0.4 is 5.32 Å². The Morgan fingerprint density at radius 2 is 1.91 bits per heavy atom. The van der Waals surface area contributed by atoms with Crippen molar-refractivity contribution in [2.75, 3.05) is 0 Å². The standard InChI is InChI=1S/C15H16N2O3S.ClH/c18-21(19,20)15-7-6-12-10-16-13(9-14(12)17-15)8-11-4-2-1-3-5-11;/h1-7,13,16H,8-10H2,(H,18,19,20);1H. The molecule has 0 amide bonds. The van der Waals surface area contributed by atoms with Gasteiger partial charge in [-0.3, -0.25) is 4.55 Å². The highest BCUT2D eigenvalue weighted by atomic mass is 35.5. The third-order valence-corrected chi connectivity index (χ3v) is 4.41. The minimum Gasteiger partial charge on any atom is -0.309 e. The van der Waals surface area contributed by atoms with Crippen LogP contribution in [0.25, 0.3) is 0 Å². The van der Waals surface area contributed by atoms with Gasteiger partial charge in [0.1, 0.15) is 0 Å². The highest BCUT2D eigenvalue weighted by Gasteiger charge is 2.22. The number of nitrogens with one attached hydrogen (secondary N) is 1. The molecule has 1 aliphatic heterocycles. The van der Waals surface area contributed by atoms with Gasteiger partial charge in [0.15, 0.2) is 5.03 Å². The third kappa shape index (κ3) is 3.84. The normalized spacial score (nSPS) is 17.4. The van der Waals surface area contributed by atoms with E-state index in [0.717, 1.165) is 17.7 Å². The Morgan fingerprint density at radius 3 is 2.59 bits per heavy atom. The van der Waals surface area contributed by atoms with E-state index in [1.807, 2.05) is 18.2 Å². The molecule has 0 bridgehead atoms. The minimum absolute atomic E-state index is 0. The molecule has 7 heteroatoms. The number of fused-ring (bicyclic) bond motifs is 1. The summed E-state index contributed by atoms with van der Waals surface area (Å²) in [5, 5.41) is 3.15. The third-order valence-electron chi connectivity index (χ3n) is 3.65. The fourth-order valence-corrected chi connectivity index (χ4v) is 3.06. The van der Waals surface area contributed by atoms with Crippen LogP contribution in [-0.2, 0) is 29.5 Å². The average molecular weight is 341 g/mol. The Labute approximate surface area is 135 Å². The van der Waals surface area contributed by atoms with Gasteiger partial charge in [0.05, 0.1) is 0 Å². The molecule has 0 fully saturated rings. The summed E-state index contributed by atoms with van der Waals surface area (Å²) < 4.78 is 31.4. The van der Waals surface area contributed by atoms with Crippen LogP contribution in [0.2, 0.25) is 0 Å². The molecule has 1 aromatic carbocycles. The fourth-order valence-electron chi connectivity index (χ4n) is 2.59. The van der Waals surface area contributed by atoms with Crippen LogP contribution in [0.15, 0.2) is 47.5 Å². The van der Waals surface area contributed by atoms with Crippen molar-refractivity contribution in [1.82, 2.24) is 10.3 Å². The van der Waals surface area contributed by atoms with Gasteiger partial charge < -0.3 is 5.32 Å². The molecule has 1 aromatic heterocycles. The second-order valence-electron chi connectivity index (χ2n) is 5.20. The lowest BCUT2D eigenvalue weighted by molar-refractivity contribution is 0.459. The number of aromatic nitrogens is 1. The van der Waals surface area contributed by atoms with Gasteiger partial charge in [0.2, 0.25) is 0 Å². The first-order valence-electron chi connectivity index (χ1n) is 6.76. The van der Waals surface area contributed by atoms with Gasteiger partial charge in [-0.25, -0.2) is 4.98 Å². The molecule has 1 atom stereocenters. The van der Waals surface area contributed by atoms with Crippen LogP contribution in [0.4, 0.5) is 0 Å². The predicted molar refractivity (Wildman–Crippen MR) is 85.8 cm³/mol. The van der Waals surface area contributed by atoms with E-state index in [2.05, 4.69) is 22.4 Å². The number of benzene rings is 1. The van der Waals surface area contributed by atoms with Crippen LogP contribution in [0.3, 0.4) is 0 Å². The van der Waals surface area contributed by atoms with E-state index in [9.17, 15) is 8.42 Å². The van der Waals surface area contributed by atoms with E-state index in [4.69, 9.17) is 4.55 Å². The maximum atomic E-state index is 11.2. The van der Waals surface area contributed by atoms with E-state index < -0.39 is 10.1 Å². The molecule has 1 aliphatic rings. The van der Waals surface area contributed by atoms with Crippen LogP contribution in [0.1, 0.15) is 16.8 Å². The Kier molecular flexibility index (Phi) is 5.18. The molecule has 0 aliphatic carbocycles. The summed E-state index contributed by atoms with van der Waals surface area (Å²) in [4.78, 5) is 4.10. The number of hydrogen-bond acceptors (Lipinski definition) is 4. The van der Waals surface area contributed by atoms with E-state index in [0.29, 0.717) is 13.0 Å². The number of hydrogen-bond donors (Lipinski definition) is 2. The Balaban J connectivity index is 0.00000176. The van der Waals surface area contributed by atoms with Gasteiger partial charge in [0.25, 0.3) is 0 Å². The molecule has 0 radical (unpaired) electrons. The molecular formula is C15H17ClN2O3S. The van der Waals surface area contributed by atoms with Gasteiger partial charge in [-0.15, -0.1) is 12.4 Å². The second kappa shape index (κ2) is 6.75. The van der Waals surface area contributed by atoms with E-state index in [1.54, 1.807) is 6.07 Å². The van der Waals surface area contributed by atoms with E-state index in [-0.39, 0.29) is 23.5 Å². The molecule has 1 unspecified atom stereocenters. The summed E-state index contributed by atoms with van der Waals surface area (Å²) in [6.07, 6.45) is 1.51. The molecule has 118 valence electrons. The van der Waals surface area contributed by atoms with Gasteiger partial charge in [-0.05, 0) is 23.6 Å². The van der Waals surface area contributed by atoms with Crippen molar-refractivity contribution in [2.24, 2.45) is 0 Å². The number of rotatable bonds is 3. The molecule has 5 nitrogen and oxygen atoms in total. The smallest absolute Gasteiger partial charge is 0.309 e. The summed E-state index contributed by atoms with van der Waals surface area (Å²) in [6, 6.07) is 13.4. The van der Waals surface area contributed by atoms with Crippen molar-refractivity contribution >= 4 is 22.5 Å². The number of halogens is 1. The first-order valence-corrected chi connectivity index (χ1v) is 8.20. The van der Waals surface area contributed by atoms with Crippen molar-refractivity contribution in [3.63, 3.8) is 0 Å². The average Bonchev–Trinajstić information content (AvgIpc) is 2.46. The summed E-state index contributed by atoms with van der Waals surface area (Å²) in [7, 11) is -4.24. The van der Waals surface area contributed by atoms with Gasteiger partial charge in [-0.2, -0.15) is 8.42 Å². The topological polar surface area (TPSA) is 79.3 Å². The first-order chi connectivity index (χ1) is 10.0. The summed E-state index contributed by atoms with van der Waals surface area (Å²) >= 11 is 0. The SMILES string of the molecule is Cl.O=S(=O)(O)c1ccc2c(n1)CC(Cc1ccccc1)NC2. The first kappa shape index (κ1) is 16.9. The lowest BCUT2D eigenvalue weighted by Gasteiger charge is -2.25. The Morgan fingerprint density at radius 1 is 1.18 bits per heavy atom. The summed E-state index contributed by atoms with van der Waals surface area (Å²) in [5.41, 5.74) is 2.95. The zero-order valence-corrected chi connectivity index (χ0v) is 13.4. The molecule has 3 rings (SSSR count). The van der Waals surface area contributed by atoms with E-state index in [1.165, 1.54) is 11.6 Å². The quantitative estimate of drug-likeness (QED) is 0.835. The van der Waals surface area contributed by atoms with Crippen LogP contribution in [0, 0.1) is 0 Å². The lowest BCUT2D eigenvalue weighted by atomic mass is 9.96. The summed E-state index contributed by atoms with van der Waals surface area (Å²) in [5.74, 6) is 0. The highest BCUT2D eigenvalue weighted by Crippen LogP contribution is 2.19. The Hall–Kier alpha value is -1.47. The highest BCUT2D eigenvalue weighted by molar-refractivity contribution is 7.85. The zero-order chi connectivity index (χ0) is 14.9. The van der Waals surface area contributed by atoms with Crippen LogP contribution in [-0.4, -0.2) is 24.0 Å². The van der Waals surface area contributed by atoms with Crippen molar-refractivity contribution in [3.05, 3.63) is 59.3 Å². The number of nitrogens with zero attached hydrogens (tertiary/aromatic N) is 1. The fraction of sp³-hybridized carbons (Fsp3) is 0.267. The van der Waals surface area contributed by atoms with Crippen molar-refractivity contribution in [2.45, 2.75) is 30.5 Å². The maximum absolute atomic E-state index is 11.2. The van der Waals surface area contributed by atoms with Crippen molar-refractivity contribution < 1.29 is 13.0 Å². The molecule has 0 saturated heterocycles. The second-order valence-corrected chi connectivity index (χ2v) is 6.57. The van der Waals surface area contributed by atoms with Crippen molar-refractivity contribution in [3.8, 4) is 0 Å². The molecule has 22 heavy (non-hydrogen) atoms. The van der Waals surface area contributed by atoms with Gasteiger partial charge in [-0.1, -0.05) is 36.4 Å². The van der Waals surface area contributed by atoms with Crippen molar-refractivity contribution in [1.29, 1.82) is 0 Å². The molecule has 0 saturated carbocycles. The Bertz CT molecular complexity index is 751.